The summed E-state index contributed by atoms with van der Waals surface area (Å²) in [7, 11) is 0. The van der Waals surface area contributed by atoms with Crippen molar-refractivity contribution in [3.63, 3.8) is 0 Å². The second-order valence-corrected chi connectivity index (χ2v) is 7.53. The monoisotopic (exact) mass is 362 g/mol. The highest BCUT2D eigenvalue weighted by Gasteiger charge is 2.42. The van der Waals surface area contributed by atoms with E-state index in [-0.39, 0.29) is 5.91 Å². The summed E-state index contributed by atoms with van der Waals surface area (Å²) < 4.78 is 11.8. The minimum absolute atomic E-state index is 0.0429. The van der Waals surface area contributed by atoms with Gasteiger partial charge >= 0.3 is 0 Å². The van der Waals surface area contributed by atoms with E-state index >= 15 is 0 Å². The summed E-state index contributed by atoms with van der Waals surface area (Å²) in [6.07, 6.45) is 8.30. The molecule has 1 aromatic rings. The lowest BCUT2D eigenvalue weighted by Crippen LogP contribution is -2.48. The zero-order chi connectivity index (χ0) is 19.0. The van der Waals surface area contributed by atoms with E-state index in [1.807, 2.05) is 13.0 Å². The van der Waals surface area contributed by atoms with Gasteiger partial charge in [0.25, 0.3) is 5.91 Å². The first-order valence-electron chi connectivity index (χ1n) is 10.1. The van der Waals surface area contributed by atoms with E-state index in [1.165, 1.54) is 0 Å². The molecule has 1 aliphatic rings. The second kappa shape index (κ2) is 9.91. The standard InChI is InChI=1S/C21H34N2O3/c1-5-7-13-25-19-17(4)14-18(15-22-19)23-20(24)21(26-12-6-2)10-8-16(3)9-11-21/h14-16H,5-13H2,1-4H3,(H,23,24). The van der Waals surface area contributed by atoms with Crippen LogP contribution >= 0.6 is 0 Å². The molecule has 2 rings (SSSR count). The third-order valence-electron chi connectivity index (χ3n) is 5.10. The predicted molar refractivity (Wildman–Crippen MR) is 105 cm³/mol. The van der Waals surface area contributed by atoms with Crippen molar-refractivity contribution in [3.8, 4) is 5.88 Å². The smallest absolute Gasteiger partial charge is 0.256 e. The van der Waals surface area contributed by atoms with Crippen molar-refractivity contribution in [1.82, 2.24) is 4.98 Å². The molecule has 0 aromatic carbocycles. The van der Waals surface area contributed by atoms with Crippen LogP contribution < -0.4 is 10.1 Å². The number of ether oxygens (including phenoxy) is 2. The van der Waals surface area contributed by atoms with E-state index in [0.29, 0.717) is 30.7 Å². The molecule has 0 unspecified atom stereocenters. The Balaban J connectivity index is 2.05. The number of carbonyl (C=O) groups excluding carboxylic acids is 1. The molecule has 26 heavy (non-hydrogen) atoms. The Hall–Kier alpha value is -1.62. The highest BCUT2D eigenvalue weighted by atomic mass is 16.5. The van der Waals surface area contributed by atoms with Crippen molar-refractivity contribution >= 4 is 11.6 Å². The number of rotatable bonds is 9. The highest BCUT2D eigenvalue weighted by Crippen LogP contribution is 2.36. The molecule has 0 atom stereocenters. The summed E-state index contributed by atoms with van der Waals surface area (Å²) in [5.41, 5.74) is 0.931. The number of aromatic nitrogens is 1. The van der Waals surface area contributed by atoms with Gasteiger partial charge in [-0.25, -0.2) is 4.98 Å². The molecule has 1 aromatic heterocycles. The molecule has 1 heterocycles. The third kappa shape index (κ3) is 5.44. The maximum atomic E-state index is 13.0. The maximum Gasteiger partial charge on any atom is 0.256 e. The molecule has 1 saturated carbocycles. The van der Waals surface area contributed by atoms with Gasteiger partial charge < -0.3 is 14.8 Å². The maximum absolute atomic E-state index is 13.0. The summed E-state index contributed by atoms with van der Waals surface area (Å²) in [5, 5.41) is 3.03. The molecule has 1 aliphatic carbocycles. The Kier molecular flexibility index (Phi) is 7.88. The van der Waals surface area contributed by atoms with Crippen LogP contribution in [0.5, 0.6) is 5.88 Å². The summed E-state index contributed by atoms with van der Waals surface area (Å²) in [4.78, 5) is 17.4. The summed E-state index contributed by atoms with van der Waals surface area (Å²) in [6, 6.07) is 1.92. The van der Waals surface area contributed by atoms with Crippen molar-refractivity contribution in [1.29, 1.82) is 0 Å². The zero-order valence-corrected chi connectivity index (χ0v) is 16.8. The van der Waals surface area contributed by atoms with Crippen molar-refractivity contribution in [2.75, 3.05) is 18.5 Å². The topological polar surface area (TPSA) is 60.5 Å². The number of nitrogens with one attached hydrogen (secondary N) is 1. The zero-order valence-electron chi connectivity index (χ0n) is 16.8. The molecule has 146 valence electrons. The van der Waals surface area contributed by atoms with E-state index < -0.39 is 5.60 Å². The van der Waals surface area contributed by atoms with Crippen LogP contribution in [0, 0.1) is 12.8 Å². The van der Waals surface area contributed by atoms with Gasteiger partial charge in [0, 0.05) is 12.2 Å². The fraction of sp³-hybridized carbons (Fsp3) is 0.714. The van der Waals surface area contributed by atoms with Crippen LogP contribution in [0.15, 0.2) is 12.3 Å². The third-order valence-corrected chi connectivity index (χ3v) is 5.10. The number of carbonyl (C=O) groups is 1. The van der Waals surface area contributed by atoms with E-state index in [9.17, 15) is 4.79 Å². The van der Waals surface area contributed by atoms with E-state index in [2.05, 4.69) is 31.1 Å². The number of nitrogens with zero attached hydrogens (tertiary/aromatic N) is 1. The average Bonchev–Trinajstić information content (AvgIpc) is 2.63. The number of hydrogen-bond acceptors (Lipinski definition) is 4. The SMILES string of the molecule is CCCCOc1ncc(NC(=O)C2(OCCC)CCC(C)CC2)cc1C. The predicted octanol–water partition coefficient (Wildman–Crippen LogP) is 4.88. The van der Waals surface area contributed by atoms with Gasteiger partial charge in [-0.2, -0.15) is 0 Å². The molecule has 1 amide bonds. The van der Waals surface area contributed by atoms with Crippen LogP contribution in [0.4, 0.5) is 5.69 Å². The van der Waals surface area contributed by atoms with Gasteiger partial charge in [-0.05, 0) is 57.4 Å². The quantitative estimate of drug-likeness (QED) is 0.636. The van der Waals surface area contributed by atoms with Crippen molar-refractivity contribution in [2.45, 2.75) is 78.2 Å². The van der Waals surface area contributed by atoms with Crippen molar-refractivity contribution in [3.05, 3.63) is 17.8 Å². The van der Waals surface area contributed by atoms with Gasteiger partial charge in [0.2, 0.25) is 5.88 Å². The summed E-state index contributed by atoms with van der Waals surface area (Å²) in [5.74, 6) is 1.25. The fourth-order valence-electron chi connectivity index (χ4n) is 3.30. The number of anilines is 1. The van der Waals surface area contributed by atoms with Crippen molar-refractivity contribution < 1.29 is 14.3 Å². The van der Waals surface area contributed by atoms with Gasteiger partial charge in [-0.1, -0.05) is 27.2 Å². The van der Waals surface area contributed by atoms with E-state index in [1.54, 1.807) is 6.20 Å². The van der Waals surface area contributed by atoms with E-state index in [4.69, 9.17) is 9.47 Å². The van der Waals surface area contributed by atoms with Gasteiger partial charge in [0.05, 0.1) is 18.5 Å². The van der Waals surface area contributed by atoms with Gasteiger partial charge in [0.1, 0.15) is 5.60 Å². The molecule has 0 spiro atoms. The lowest BCUT2D eigenvalue weighted by Gasteiger charge is -2.37. The van der Waals surface area contributed by atoms with Gasteiger partial charge in [0.15, 0.2) is 0 Å². The molecule has 5 heteroatoms. The van der Waals surface area contributed by atoms with Crippen LogP contribution in [-0.4, -0.2) is 29.7 Å². The van der Waals surface area contributed by atoms with Gasteiger partial charge in [-0.15, -0.1) is 0 Å². The Labute approximate surface area is 157 Å². The molecule has 0 bridgehead atoms. The molecule has 5 nitrogen and oxygen atoms in total. The number of pyridine rings is 1. The fourth-order valence-corrected chi connectivity index (χ4v) is 3.30. The van der Waals surface area contributed by atoms with Crippen molar-refractivity contribution in [2.24, 2.45) is 5.92 Å². The Morgan fingerprint density at radius 2 is 2.00 bits per heavy atom. The largest absolute Gasteiger partial charge is 0.477 e. The summed E-state index contributed by atoms with van der Waals surface area (Å²) >= 11 is 0. The summed E-state index contributed by atoms with van der Waals surface area (Å²) in [6.45, 7) is 9.68. The van der Waals surface area contributed by atoms with Crippen LogP contribution in [0.25, 0.3) is 0 Å². The normalized spacial score (nSPS) is 22.8. The molecule has 1 fully saturated rings. The lowest BCUT2D eigenvalue weighted by atomic mass is 9.78. The highest BCUT2D eigenvalue weighted by molar-refractivity contribution is 5.97. The molecular weight excluding hydrogens is 328 g/mol. The minimum Gasteiger partial charge on any atom is -0.477 e. The number of unbranched alkanes of at least 4 members (excludes halogenated alkanes) is 1. The van der Waals surface area contributed by atoms with Gasteiger partial charge in [-0.3, -0.25) is 4.79 Å². The average molecular weight is 363 g/mol. The Morgan fingerprint density at radius 3 is 2.62 bits per heavy atom. The molecule has 0 saturated heterocycles. The number of aryl methyl sites for hydroxylation is 1. The minimum atomic E-state index is -0.702. The van der Waals surface area contributed by atoms with Crippen LogP contribution in [0.3, 0.4) is 0 Å². The Bertz CT molecular complexity index is 575. The first kappa shape index (κ1) is 20.7. The van der Waals surface area contributed by atoms with Crippen LogP contribution in [0.1, 0.15) is 71.3 Å². The number of hydrogen-bond donors (Lipinski definition) is 1. The molecule has 1 N–H and O–H groups in total. The molecular formula is C21H34N2O3. The first-order chi connectivity index (χ1) is 12.5. The molecule has 0 aliphatic heterocycles. The van der Waals surface area contributed by atoms with Crippen LogP contribution in [0.2, 0.25) is 0 Å². The second-order valence-electron chi connectivity index (χ2n) is 7.53. The Morgan fingerprint density at radius 1 is 1.27 bits per heavy atom. The van der Waals surface area contributed by atoms with Crippen LogP contribution in [-0.2, 0) is 9.53 Å². The molecule has 0 radical (unpaired) electrons. The number of amides is 1. The lowest BCUT2D eigenvalue weighted by molar-refractivity contribution is -0.147. The first-order valence-corrected chi connectivity index (χ1v) is 10.1. The van der Waals surface area contributed by atoms with E-state index in [0.717, 1.165) is 50.5 Å².